The number of aliphatic imine (C=N–C) groups is 1. The van der Waals surface area contributed by atoms with E-state index in [9.17, 15) is 4.79 Å². The van der Waals surface area contributed by atoms with Crippen molar-refractivity contribution in [1.29, 1.82) is 0 Å². The molecule has 0 saturated carbocycles. The third kappa shape index (κ3) is 3.69. The zero-order valence-electron chi connectivity index (χ0n) is 12.3. The van der Waals surface area contributed by atoms with E-state index in [0.717, 1.165) is 16.9 Å². The van der Waals surface area contributed by atoms with Crippen LogP contribution in [0.4, 0.5) is 5.69 Å². The highest BCUT2D eigenvalue weighted by Gasteiger charge is 2.14. The number of carbonyl (C=O) groups excluding carboxylic acids is 1. The van der Waals surface area contributed by atoms with Crippen molar-refractivity contribution < 1.29 is 14.3 Å². The highest BCUT2D eigenvalue weighted by atomic mass is 16.5. The number of hydrogen-bond donors (Lipinski definition) is 0. The second-order valence-electron chi connectivity index (χ2n) is 4.52. The summed E-state index contributed by atoms with van der Waals surface area (Å²) in [6.45, 7) is 1.99. The SMILES string of the molecule is COC(=O)C(=Nc1ccc(OC)cc1)c1ccc(C)cc1. The minimum absolute atomic E-state index is 0.280. The van der Waals surface area contributed by atoms with Crippen LogP contribution in [0.15, 0.2) is 53.5 Å². The summed E-state index contributed by atoms with van der Waals surface area (Å²) in [5.41, 5.74) is 2.79. The number of carbonyl (C=O) groups is 1. The molecular weight excluding hydrogens is 266 g/mol. The van der Waals surface area contributed by atoms with E-state index in [-0.39, 0.29) is 5.71 Å². The van der Waals surface area contributed by atoms with Gasteiger partial charge in [-0.05, 0) is 31.2 Å². The minimum atomic E-state index is -0.463. The molecule has 0 N–H and O–H groups in total. The molecule has 0 radical (unpaired) electrons. The Hall–Kier alpha value is -2.62. The summed E-state index contributed by atoms with van der Waals surface area (Å²) in [6, 6.07) is 14.7. The number of rotatable bonds is 4. The van der Waals surface area contributed by atoms with Crippen LogP contribution in [-0.2, 0) is 9.53 Å². The van der Waals surface area contributed by atoms with Gasteiger partial charge in [0.05, 0.1) is 19.9 Å². The molecule has 0 aliphatic rings. The standard InChI is InChI=1S/C17H17NO3/c1-12-4-6-13(7-5-12)16(17(19)21-3)18-14-8-10-15(20-2)11-9-14/h4-11H,1-3H3. The lowest BCUT2D eigenvalue weighted by Crippen LogP contribution is -2.16. The highest BCUT2D eigenvalue weighted by Crippen LogP contribution is 2.19. The van der Waals surface area contributed by atoms with Gasteiger partial charge in [0.25, 0.3) is 0 Å². The maximum absolute atomic E-state index is 11.9. The third-order valence-electron chi connectivity index (χ3n) is 3.02. The van der Waals surface area contributed by atoms with Crippen LogP contribution >= 0.6 is 0 Å². The fourth-order valence-corrected chi connectivity index (χ4v) is 1.82. The number of ether oxygens (including phenoxy) is 2. The van der Waals surface area contributed by atoms with E-state index < -0.39 is 5.97 Å². The zero-order chi connectivity index (χ0) is 15.2. The van der Waals surface area contributed by atoms with E-state index in [4.69, 9.17) is 9.47 Å². The van der Waals surface area contributed by atoms with Crippen LogP contribution in [-0.4, -0.2) is 25.9 Å². The van der Waals surface area contributed by atoms with Crippen molar-refractivity contribution in [2.75, 3.05) is 14.2 Å². The molecule has 4 nitrogen and oxygen atoms in total. The molecule has 2 aromatic carbocycles. The maximum atomic E-state index is 11.9. The van der Waals surface area contributed by atoms with Gasteiger partial charge >= 0.3 is 5.97 Å². The highest BCUT2D eigenvalue weighted by molar-refractivity contribution is 6.43. The van der Waals surface area contributed by atoms with Gasteiger partial charge in [0.1, 0.15) is 5.75 Å². The summed E-state index contributed by atoms with van der Waals surface area (Å²) in [6.07, 6.45) is 0. The molecule has 0 aliphatic heterocycles. The monoisotopic (exact) mass is 283 g/mol. The predicted molar refractivity (Wildman–Crippen MR) is 82.4 cm³/mol. The molecule has 4 heteroatoms. The molecule has 0 atom stereocenters. The van der Waals surface area contributed by atoms with Gasteiger partial charge in [0.2, 0.25) is 0 Å². The first-order chi connectivity index (χ1) is 10.1. The normalized spacial score (nSPS) is 11.1. The molecule has 0 spiro atoms. The molecule has 0 aromatic heterocycles. The Bertz CT molecular complexity index is 643. The van der Waals surface area contributed by atoms with Gasteiger partial charge in [-0.15, -0.1) is 0 Å². The van der Waals surface area contributed by atoms with E-state index in [1.165, 1.54) is 7.11 Å². The van der Waals surface area contributed by atoms with Crippen molar-refractivity contribution in [3.63, 3.8) is 0 Å². The van der Waals surface area contributed by atoms with Crippen LogP contribution in [0.1, 0.15) is 11.1 Å². The fourth-order valence-electron chi connectivity index (χ4n) is 1.82. The Morgan fingerprint density at radius 3 is 2.10 bits per heavy atom. The van der Waals surface area contributed by atoms with Crippen LogP contribution in [0, 0.1) is 6.92 Å². The van der Waals surface area contributed by atoms with Crippen molar-refractivity contribution >= 4 is 17.4 Å². The molecule has 0 aliphatic carbocycles. The molecule has 0 amide bonds. The van der Waals surface area contributed by atoms with Crippen LogP contribution < -0.4 is 4.74 Å². The Morgan fingerprint density at radius 2 is 1.57 bits per heavy atom. The van der Waals surface area contributed by atoms with Crippen molar-refractivity contribution in [1.82, 2.24) is 0 Å². The van der Waals surface area contributed by atoms with E-state index in [2.05, 4.69) is 4.99 Å². The van der Waals surface area contributed by atoms with Crippen molar-refractivity contribution in [3.8, 4) is 5.75 Å². The number of hydrogen-bond acceptors (Lipinski definition) is 4. The molecule has 0 fully saturated rings. The summed E-state index contributed by atoms with van der Waals surface area (Å²) in [4.78, 5) is 16.3. The first-order valence-corrected chi connectivity index (χ1v) is 6.52. The topological polar surface area (TPSA) is 47.9 Å². The molecule has 0 heterocycles. The van der Waals surface area contributed by atoms with Gasteiger partial charge in [0.15, 0.2) is 5.71 Å². The van der Waals surface area contributed by atoms with Crippen LogP contribution in [0.3, 0.4) is 0 Å². The summed E-state index contributed by atoms with van der Waals surface area (Å²) < 4.78 is 9.92. The molecule has 0 saturated heterocycles. The van der Waals surface area contributed by atoms with E-state index in [1.807, 2.05) is 31.2 Å². The number of esters is 1. The van der Waals surface area contributed by atoms with Gasteiger partial charge in [-0.3, -0.25) is 0 Å². The fraction of sp³-hybridized carbons (Fsp3) is 0.176. The van der Waals surface area contributed by atoms with Crippen molar-refractivity contribution in [3.05, 3.63) is 59.7 Å². The summed E-state index contributed by atoms with van der Waals surface area (Å²) in [5, 5.41) is 0. The molecule has 108 valence electrons. The van der Waals surface area contributed by atoms with Crippen molar-refractivity contribution in [2.45, 2.75) is 6.92 Å². The smallest absolute Gasteiger partial charge is 0.357 e. The van der Waals surface area contributed by atoms with E-state index >= 15 is 0 Å². The van der Waals surface area contributed by atoms with E-state index in [1.54, 1.807) is 31.4 Å². The predicted octanol–water partition coefficient (Wildman–Crippen LogP) is 3.30. The quantitative estimate of drug-likeness (QED) is 0.639. The van der Waals surface area contributed by atoms with Gasteiger partial charge < -0.3 is 9.47 Å². The molecular formula is C17H17NO3. The number of nitrogens with zero attached hydrogens (tertiary/aromatic N) is 1. The lowest BCUT2D eigenvalue weighted by molar-refractivity contribution is -0.132. The van der Waals surface area contributed by atoms with Gasteiger partial charge in [-0.25, -0.2) is 9.79 Å². The van der Waals surface area contributed by atoms with Crippen LogP contribution in [0.25, 0.3) is 0 Å². The van der Waals surface area contributed by atoms with Crippen molar-refractivity contribution in [2.24, 2.45) is 4.99 Å². The Morgan fingerprint density at radius 1 is 0.952 bits per heavy atom. The van der Waals surface area contributed by atoms with Gasteiger partial charge in [0, 0.05) is 5.56 Å². The largest absolute Gasteiger partial charge is 0.497 e. The first-order valence-electron chi connectivity index (χ1n) is 6.52. The first kappa shape index (κ1) is 14.8. The second-order valence-corrected chi connectivity index (χ2v) is 4.52. The molecule has 2 rings (SSSR count). The average Bonchev–Trinajstić information content (AvgIpc) is 2.53. The van der Waals surface area contributed by atoms with Gasteiger partial charge in [-0.2, -0.15) is 0 Å². The average molecular weight is 283 g/mol. The molecule has 0 bridgehead atoms. The van der Waals surface area contributed by atoms with Crippen LogP contribution in [0.2, 0.25) is 0 Å². The number of aryl methyl sites for hydroxylation is 1. The van der Waals surface area contributed by atoms with Crippen LogP contribution in [0.5, 0.6) is 5.75 Å². The molecule has 0 unspecified atom stereocenters. The summed E-state index contributed by atoms with van der Waals surface area (Å²) in [5.74, 6) is 0.276. The number of methoxy groups -OCH3 is 2. The number of benzene rings is 2. The zero-order valence-corrected chi connectivity index (χ0v) is 12.3. The molecule has 21 heavy (non-hydrogen) atoms. The van der Waals surface area contributed by atoms with E-state index in [0.29, 0.717) is 5.69 Å². The Labute approximate surface area is 124 Å². The maximum Gasteiger partial charge on any atom is 0.357 e. The lowest BCUT2D eigenvalue weighted by Gasteiger charge is -2.06. The Kier molecular flexibility index (Phi) is 4.72. The third-order valence-corrected chi connectivity index (χ3v) is 3.02. The van der Waals surface area contributed by atoms with Gasteiger partial charge in [-0.1, -0.05) is 29.8 Å². The lowest BCUT2D eigenvalue weighted by atomic mass is 10.1. The summed E-state index contributed by atoms with van der Waals surface area (Å²) in [7, 11) is 2.95. The summed E-state index contributed by atoms with van der Waals surface area (Å²) >= 11 is 0. The minimum Gasteiger partial charge on any atom is -0.497 e. The molecule has 2 aromatic rings. The Balaban J connectivity index is 2.41. The second kappa shape index (κ2) is 6.70.